The van der Waals surface area contributed by atoms with Crippen molar-refractivity contribution in [1.29, 1.82) is 0 Å². The first-order valence-electron chi connectivity index (χ1n) is 6.34. The maximum absolute atomic E-state index is 12.2. The van der Waals surface area contributed by atoms with Crippen LogP contribution in [0.15, 0.2) is 36.4 Å². The molecule has 0 aliphatic carbocycles. The van der Waals surface area contributed by atoms with Crippen molar-refractivity contribution in [3.8, 4) is 5.75 Å². The Balaban J connectivity index is 2.32. The fourth-order valence-corrected chi connectivity index (χ4v) is 2.17. The van der Waals surface area contributed by atoms with Crippen LogP contribution in [0.4, 0.5) is 11.4 Å². The highest BCUT2D eigenvalue weighted by Gasteiger charge is 2.13. The van der Waals surface area contributed by atoms with Gasteiger partial charge < -0.3 is 15.8 Å². The molecule has 1 amide bonds. The summed E-state index contributed by atoms with van der Waals surface area (Å²) in [5.41, 5.74) is 9.38. The maximum Gasteiger partial charge on any atom is 0.257 e. The largest absolute Gasteiger partial charge is 0.496 e. The van der Waals surface area contributed by atoms with E-state index in [4.69, 9.17) is 10.5 Å². The van der Waals surface area contributed by atoms with Gasteiger partial charge in [0.1, 0.15) is 5.75 Å². The summed E-state index contributed by atoms with van der Waals surface area (Å²) in [5.74, 6) is 0.556. The number of carbonyl (C=O) groups is 1. The monoisotopic (exact) mass is 270 g/mol. The van der Waals surface area contributed by atoms with Crippen molar-refractivity contribution in [3.63, 3.8) is 0 Å². The first-order valence-corrected chi connectivity index (χ1v) is 6.34. The molecule has 0 fully saturated rings. The quantitative estimate of drug-likeness (QED) is 0.842. The molecule has 0 aromatic heterocycles. The molecule has 0 saturated heterocycles. The van der Waals surface area contributed by atoms with E-state index in [1.54, 1.807) is 31.4 Å². The molecule has 104 valence electrons. The molecule has 0 heterocycles. The molecular formula is C16H18N2O2. The molecule has 3 N–H and O–H groups in total. The summed E-state index contributed by atoms with van der Waals surface area (Å²) >= 11 is 0. The van der Waals surface area contributed by atoms with Gasteiger partial charge in [-0.1, -0.05) is 18.2 Å². The molecule has 2 rings (SSSR count). The predicted molar refractivity (Wildman–Crippen MR) is 81.3 cm³/mol. The summed E-state index contributed by atoms with van der Waals surface area (Å²) in [6.07, 6.45) is 0. The van der Waals surface area contributed by atoms with Gasteiger partial charge in [0.05, 0.1) is 12.7 Å². The smallest absolute Gasteiger partial charge is 0.257 e. The average molecular weight is 270 g/mol. The minimum absolute atomic E-state index is 0.225. The van der Waals surface area contributed by atoms with Crippen LogP contribution in [-0.2, 0) is 0 Å². The van der Waals surface area contributed by atoms with Crippen LogP contribution < -0.4 is 15.8 Å². The van der Waals surface area contributed by atoms with Crippen molar-refractivity contribution >= 4 is 17.3 Å². The molecule has 0 aliphatic heterocycles. The van der Waals surface area contributed by atoms with Gasteiger partial charge in [-0.15, -0.1) is 0 Å². The van der Waals surface area contributed by atoms with Crippen molar-refractivity contribution in [2.24, 2.45) is 0 Å². The number of carbonyl (C=O) groups excluding carboxylic acids is 1. The van der Waals surface area contributed by atoms with E-state index in [1.165, 1.54) is 0 Å². The number of nitrogens with two attached hydrogens (primary N) is 1. The van der Waals surface area contributed by atoms with Crippen LogP contribution in [0.25, 0.3) is 0 Å². The number of methoxy groups -OCH3 is 1. The SMILES string of the molecule is COc1c(C)ccc(NC(=O)c2ccccc2N)c1C. The van der Waals surface area contributed by atoms with Crippen LogP contribution >= 0.6 is 0 Å². The summed E-state index contributed by atoms with van der Waals surface area (Å²) in [7, 11) is 1.62. The normalized spacial score (nSPS) is 10.2. The number of anilines is 2. The summed E-state index contributed by atoms with van der Waals surface area (Å²) in [4.78, 5) is 12.2. The van der Waals surface area contributed by atoms with Crippen LogP contribution in [0.1, 0.15) is 21.5 Å². The molecule has 2 aromatic carbocycles. The Labute approximate surface area is 118 Å². The van der Waals surface area contributed by atoms with Crippen molar-refractivity contribution in [1.82, 2.24) is 0 Å². The van der Waals surface area contributed by atoms with Gasteiger partial charge in [-0.3, -0.25) is 4.79 Å². The number of nitrogen functional groups attached to an aromatic ring is 1. The van der Waals surface area contributed by atoms with Crippen molar-refractivity contribution in [3.05, 3.63) is 53.1 Å². The molecule has 0 spiro atoms. The molecule has 4 nitrogen and oxygen atoms in total. The molecule has 4 heteroatoms. The van der Waals surface area contributed by atoms with E-state index in [2.05, 4.69) is 5.32 Å². The molecule has 20 heavy (non-hydrogen) atoms. The maximum atomic E-state index is 12.2. The number of hydrogen-bond donors (Lipinski definition) is 2. The van der Waals surface area contributed by atoms with Crippen LogP contribution in [0, 0.1) is 13.8 Å². The second kappa shape index (κ2) is 5.65. The van der Waals surface area contributed by atoms with Crippen LogP contribution in [0.2, 0.25) is 0 Å². The minimum atomic E-state index is -0.225. The fraction of sp³-hybridized carbons (Fsp3) is 0.188. The molecule has 0 radical (unpaired) electrons. The number of ether oxygens (including phenoxy) is 1. The molecule has 0 aliphatic rings. The van der Waals surface area contributed by atoms with E-state index < -0.39 is 0 Å². The summed E-state index contributed by atoms with van der Waals surface area (Å²) in [6, 6.07) is 10.8. The third-order valence-electron chi connectivity index (χ3n) is 3.26. The highest BCUT2D eigenvalue weighted by molar-refractivity contribution is 6.08. The Bertz CT molecular complexity index is 651. The molecule has 0 atom stereocenters. The molecule has 0 bridgehead atoms. The lowest BCUT2D eigenvalue weighted by molar-refractivity contribution is 0.102. The first-order chi connectivity index (χ1) is 9.54. The van der Waals surface area contributed by atoms with E-state index in [9.17, 15) is 4.79 Å². The fourth-order valence-electron chi connectivity index (χ4n) is 2.17. The second-order valence-corrected chi connectivity index (χ2v) is 4.63. The van der Waals surface area contributed by atoms with Gasteiger partial charge in [-0.2, -0.15) is 0 Å². The number of aryl methyl sites for hydroxylation is 1. The number of rotatable bonds is 3. The van der Waals surface area contributed by atoms with Crippen molar-refractivity contribution < 1.29 is 9.53 Å². The third kappa shape index (κ3) is 2.59. The molecule has 2 aromatic rings. The number of para-hydroxylation sites is 1. The van der Waals surface area contributed by atoms with Gasteiger partial charge in [0.2, 0.25) is 0 Å². The Morgan fingerprint density at radius 1 is 1.15 bits per heavy atom. The highest BCUT2D eigenvalue weighted by atomic mass is 16.5. The zero-order chi connectivity index (χ0) is 14.7. The highest BCUT2D eigenvalue weighted by Crippen LogP contribution is 2.29. The Hall–Kier alpha value is -2.49. The van der Waals surface area contributed by atoms with Crippen molar-refractivity contribution in [2.45, 2.75) is 13.8 Å². The van der Waals surface area contributed by atoms with Gasteiger partial charge in [-0.25, -0.2) is 0 Å². The van der Waals surface area contributed by atoms with Gasteiger partial charge in [0, 0.05) is 16.9 Å². The third-order valence-corrected chi connectivity index (χ3v) is 3.26. The lowest BCUT2D eigenvalue weighted by Gasteiger charge is -2.14. The lowest BCUT2D eigenvalue weighted by Crippen LogP contribution is -2.15. The Morgan fingerprint density at radius 2 is 1.85 bits per heavy atom. The standard InChI is InChI=1S/C16H18N2O2/c1-10-8-9-14(11(2)15(10)20-3)18-16(19)12-6-4-5-7-13(12)17/h4-9H,17H2,1-3H3,(H,18,19). The van der Waals surface area contributed by atoms with E-state index in [0.29, 0.717) is 11.3 Å². The molecular weight excluding hydrogens is 252 g/mol. The van der Waals surface area contributed by atoms with Crippen LogP contribution in [0.5, 0.6) is 5.75 Å². The molecule has 0 unspecified atom stereocenters. The van der Waals surface area contributed by atoms with E-state index in [0.717, 1.165) is 22.6 Å². The summed E-state index contributed by atoms with van der Waals surface area (Å²) in [5, 5.41) is 2.87. The predicted octanol–water partition coefficient (Wildman–Crippen LogP) is 3.15. The summed E-state index contributed by atoms with van der Waals surface area (Å²) < 4.78 is 5.35. The van der Waals surface area contributed by atoms with Crippen LogP contribution in [-0.4, -0.2) is 13.0 Å². The Morgan fingerprint density at radius 3 is 2.50 bits per heavy atom. The number of nitrogens with one attached hydrogen (secondary N) is 1. The average Bonchev–Trinajstić information content (AvgIpc) is 2.43. The van der Waals surface area contributed by atoms with Gasteiger partial charge in [0.15, 0.2) is 0 Å². The molecule has 0 saturated carbocycles. The summed E-state index contributed by atoms with van der Waals surface area (Å²) in [6.45, 7) is 3.88. The van der Waals surface area contributed by atoms with E-state index in [1.807, 2.05) is 26.0 Å². The number of benzene rings is 2. The second-order valence-electron chi connectivity index (χ2n) is 4.63. The van der Waals surface area contributed by atoms with E-state index >= 15 is 0 Å². The minimum Gasteiger partial charge on any atom is -0.496 e. The van der Waals surface area contributed by atoms with E-state index in [-0.39, 0.29) is 5.91 Å². The first kappa shape index (κ1) is 13.9. The number of amides is 1. The zero-order valence-electron chi connectivity index (χ0n) is 11.9. The van der Waals surface area contributed by atoms with Crippen LogP contribution in [0.3, 0.4) is 0 Å². The lowest BCUT2D eigenvalue weighted by atomic mass is 10.1. The van der Waals surface area contributed by atoms with Gasteiger partial charge in [0.25, 0.3) is 5.91 Å². The van der Waals surface area contributed by atoms with Crippen molar-refractivity contribution in [2.75, 3.05) is 18.2 Å². The number of hydrogen-bond acceptors (Lipinski definition) is 3. The Kier molecular flexibility index (Phi) is 3.94. The topological polar surface area (TPSA) is 64.3 Å². The zero-order valence-corrected chi connectivity index (χ0v) is 11.9. The van der Waals surface area contributed by atoms with Gasteiger partial charge in [-0.05, 0) is 37.6 Å². The van der Waals surface area contributed by atoms with Gasteiger partial charge >= 0.3 is 0 Å².